The molecule has 0 aliphatic rings. The Morgan fingerprint density at radius 1 is 0.889 bits per heavy atom. The summed E-state index contributed by atoms with van der Waals surface area (Å²) in [5.41, 5.74) is 11.6. The Morgan fingerprint density at radius 3 is 1.92 bits per heavy atom. The zero-order valence-corrected chi connectivity index (χ0v) is 21.0. The van der Waals surface area contributed by atoms with E-state index in [0.717, 1.165) is 0 Å². The molecule has 0 aromatic heterocycles. The van der Waals surface area contributed by atoms with Gasteiger partial charge in [0.25, 0.3) is 0 Å². The van der Waals surface area contributed by atoms with Gasteiger partial charge in [0.05, 0.1) is 12.5 Å². The van der Waals surface area contributed by atoms with Crippen LogP contribution in [-0.2, 0) is 30.4 Å². The number of carboxylic acid groups (broad SMARTS) is 1. The molecule has 5 atom stereocenters. The van der Waals surface area contributed by atoms with E-state index in [4.69, 9.17) is 11.5 Å². The third-order valence-electron chi connectivity index (χ3n) is 5.84. The van der Waals surface area contributed by atoms with Gasteiger partial charge in [0.15, 0.2) is 0 Å². The third-order valence-corrected chi connectivity index (χ3v) is 5.84. The number of aromatic hydroxyl groups is 1. The minimum absolute atomic E-state index is 0.00332. The summed E-state index contributed by atoms with van der Waals surface area (Å²) < 4.78 is 0. The summed E-state index contributed by atoms with van der Waals surface area (Å²) in [4.78, 5) is 61.5. The lowest BCUT2D eigenvalue weighted by Gasteiger charge is -2.28. The van der Waals surface area contributed by atoms with Gasteiger partial charge in [-0.1, -0.05) is 46.2 Å². The molecule has 4 amide bonds. The topological polar surface area (TPSA) is 214 Å². The van der Waals surface area contributed by atoms with Crippen molar-refractivity contribution in [3.8, 4) is 5.75 Å². The standard InChI is InChI=1S/C24H37N5O7/c1-5-13(4)19(26)22(33)29-20(12(2)3)23(34)27-16(10-14-6-8-15(30)9-7-14)21(32)28-17(24(35)36)11-18(25)31/h6-9,12-13,16-17,19-20,30H,5,10-11,26H2,1-4H3,(H2,25,31)(H,27,34)(H,28,32)(H,29,33)(H,35,36). The molecular weight excluding hydrogens is 470 g/mol. The lowest BCUT2D eigenvalue weighted by atomic mass is 9.97. The van der Waals surface area contributed by atoms with Crippen LogP contribution in [0, 0.1) is 11.8 Å². The van der Waals surface area contributed by atoms with E-state index >= 15 is 0 Å². The van der Waals surface area contributed by atoms with Gasteiger partial charge in [-0.05, 0) is 29.5 Å². The number of nitrogens with one attached hydrogen (secondary N) is 3. The molecule has 12 nitrogen and oxygen atoms in total. The summed E-state index contributed by atoms with van der Waals surface area (Å²) in [6.45, 7) is 7.13. The quantitative estimate of drug-likeness (QED) is 0.172. The molecule has 0 aliphatic heterocycles. The van der Waals surface area contributed by atoms with Crippen LogP contribution in [0.5, 0.6) is 5.75 Å². The molecule has 1 rings (SSSR count). The molecule has 200 valence electrons. The maximum atomic E-state index is 13.2. The number of phenolic OH excluding ortho intramolecular Hbond substituents is 1. The van der Waals surface area contributed by atoms with E-state index < -0.39 is 60.2 Å². The zero-order valence-electron chi connectivity index (χ0n) is 21.0. The number of primary amides is 1. The first-order valence-electron chi connectivity index (χ1n) is 11.7. The van der Waals surface area contributed by atoms with Crippen LogP contribution < -0.4 is 27.4 Å². The van der Waals surface area contributed by atoms with Crippen LogP contribution in [0.2, 0.25) is 0 Å². The van der Waals surface area contributed by atoms with E-state index in [-0.39, 0.29) is 24.0 Å². The van der Waals surface area contributed by atoms with Crippen LogP contribution >= 0.6 is 0 Å². The number of hydrogen-bond donors (Lipinski definition) is 7. The van der Waals surface area contributed by atoms with Crippen molar-refractivity contribution in [3.05, 3.63) is 29.8 Å². The molecule has 9 N–H and O–H groups in total. The average Bonchev–Trinajstić information content (AvgIpc) is 2.80. The van der Waals surface area contributed by atoms with Gasteiger partial charge in [-0.15, -0.1) is 0 Å². The molecule has 0 saturated heterocycles. The van der Waals surface area contributed by atoms with E-state index in [1.807, 2.05) is 13.8 Å². The van der Waals surface area contributed by atoms with E-state index in [0.29, 0.717) is 12.0 Å². The highest BCUT2D eigenvalue weighted by molar-refractivity contribution is 5.95. The van der Waals surface area contributed by atoms with Crippen molar-refractivity contribution >= 4 is 29.6 Å². The third kappa shape index (κ3) is 9.53. The molecule has 0 bridgehead atoms. The molecule has 0 radical (unpaired) electrons. The predicted octanol–water partition coefficient (Wildman–Crippen LogP) is -0.621. The van der Waals surface area contributed by atoms with Gasteiger partial charge in [-0.3, -0.25) is 19.2 Å². The lowest BCUT2D eigenvalue weighted by Crippen LogP contribution is -2.59. The molecule has 1 aromatic carbocycles. The molecular formula is C24H37N5O7. The zero-order chi connectivity index (χ0) is 27.6. The summed E-state index contributed by atoms with van der Waals surface area (Å²) >= 11 is 0. The molecule has 12 heteroatoms. The van der Waals surface area contributed by atoms with Gasteiger partial charge in [-0.25, -0.2) is 4.79 Å². The minimum atomic E-state index is -1.59. The second kappa shape index (κ2) is 14.0. The number of nitrogens with two attached hydrogens (primary N) is 2. The maximum absolute atomic E-state index is 13.2. The fourth-order valence-electron chi connectivity index (χ4n) is 3.31. The van der Waals surface area contributed by atoms with Crippen LogP contribution in [0.4, 0.5) is 0 Å². The van der Waals surface area contributed by atoms with Crippen molar-refractivity contribution in [2.24, 2.45) is 23.3 Å². The summed E-state index contributed by atoms with van der Waals surface area (Å²) in [6, 6.07) is 1.15. The first-order chi connectivity index (χ1) is 16.8. The number of benzene rings is 1. The second-order valence-corrected chi connectivity index (χ2v) is 9.14. The Labute approximate surface area is 210 Å². The maximum Gasteiger partial charge on any atom is 0.326 e. The number of carbonyl (C=O) groups excluding carboxylic acids is 4. The van der Waals surface area contributed by atoms with Crippen molar-refractivity contribution in [3.63, 3.8) is 0 Å². The van der Waals surface area contributed by atoms with Crippen LogP contribution in [0.3, 0.4) is 0 Å². The number of carboxylic acids is 1. The molecule has 36 heavy (non-hydrogen) atoms. The van der Waals surface area contributed by atoms with Crippen LogP contribution in [0.25, 0.3) is 0 Å². The molecule has 1 aromatic rings. The van der Waals surface area contributed by atoms with Crippen LogP contribution in [-0.4, -0.2) is 64.0 Å². The van der Waals surface area contributed by atoms with E-state index in [1.54, 1.807) is 13.8 Å². The van der Waals surface area contributed by atoms with Crippen molar-refractivity contribution in [2.45, 2.75) is 71.1 Å². The highest BCUT2D eigenvalue weighted by atomic mass is 16.4. The van der Waals surface area contributed by atoms with Gasteiger partial charge in [0, 0.05) is 6.42 Å². The number of aliphatic carboxylic acids is 1. The lowest BCUT2D eigenvalue weighted by molar-refractivity contribution is -0.143. The van der Waals surface area contributed by atoms with Gasteiger partial charge >= 0.3 is 5.97 Å². The number of hydrogen-bond acceptors (Lipinski definition) is 7. The number of rotatable bonds is 14. The normalized spacial score (nSPS) is 15.2. The Kier molecular flexibility index (Phi) is 11.8. The first kappa shape index (κ1) is 30.4. The van der Waals surface area contributed by atoms with E-state index in [1.165, 1.54) is 24.3 Å². The predicted molar refractivity (Wildman–Crippen MR) is 131 cm³/mol. The van der Waals surface area contributed by atoms with Crippen molar-refractivity contribution in [1.29, 1.82) is 0 Å². The van der Waals surface area contributed by atoms with Gasteiger partial charge in [0.1, 0.15) is 23.9 Å². The van der Waals surface area contributed by atoms with E-state index in [2.05, 4.69) is 16.0 Å². The number of phenols is 1. The van der Waals surface area contributed by atoms with Gasteiger partial charge in [-0.2, -0.15) is 0 Å². The van der Waals surface area contributed by atoms with Gasteiger partial charge < -0.3 is 37.6 Å². The Bertz CT molecular complexity index is 935. The average molecular weight is 508 g/mol. The molecule has 0 spiro atoms. The van der Waals surface area contributed by atoms with E-state index in [9.17, 15) is 34.2 Å². The number of amides is 4. The second-order valence-electron chi connectivity index (χ2n) is 9.14. The molecule has 0 heterocycles. The molecule has 0 fully saturated rings. The fourth-order valence-corrected chi connectivity index (χ4v) is 3.31. The van der Waals surface area contributed by atoms with Crippen LogP contribution in [0.15, 0.2) is 24.3 Å². The van der Waals surface area contributed by atoms with Crippen LogP contribution in [0.1, 0.15) is 46.1 Å². The smallest absolute Gasteiger partial charge is 0.326 e. The summed E-state index contributed by atoms with van der Waals surface area (Å²) in [6.07, 6.45) is -0.0386. The molecule has 0 saturated carbocycles. The monoisotopic (exact) mass is 507 g/mol. The Hall–Kier alpha value is -3.67. The fraction of sp³-hybridized carbons (Fsp3) is 0.542. The SMILES string of the molecule is CCC(C)C(N)C(=O)NC(C(=O)NC(Cc1ccc(O)cc1)C(=O)NC(CC(N)=O)C(=O)O)C(C)C. The molecule has 0 aliphatic carbocycles. The minimum Gasteiger partial charge on any atom is -0.508 e. The first-order valence-corrected chi connectivity index (χ1v) is 11.7. The summed E-state index contributed by atoms with van der Waals surface area (Å²) in [5.74, 6) is -4.93. The highest BCUT2D eigenvalue weighted by Gasteiger charge is 2.32. The van der Waals surface area contributed by atoms with Crippen molar-refractivity contribution < 1.29 is 34.2 Å². The number of carbonyl (C=O) groups is 5. The Morgan fingerprint density at radius 2 is 1.44 bits per heavy atom. The Balaban J connectivity index is 3.16. The van der Waals surface area contributed by atoms with Crippen molar-refractivity contribution in [2.75, 3.05) is 0 Å². The molecule has 5 unspecified atom stereocenters. The largest absolute Gasteiger partial charge is 0.508 e. The van der Waals surface area contributed by atoms with Gasteiger partial charge in [0.2, 0.25) is 23.6 Å². The summed E-state index contributed by atoms with van der Waals surface area (Å²) in [5, 5.41) is 26.3. The summed E-state index contributed by atoms with van der Waals surface area (Å²) in [7, 11) is 0. The highest BCUT2D eigenvalue weighted by Crippen LogP contribution is 2.13. The van der Waals surface area contributed by atoms with Crippen molar-refractivity contribution in [1.82, 2.24) is 16.0 Å².